The molecule has 0 aliphatic carbocycles. The second-order valence-corrected chi connectivity index (χ2v) is 14.5. The second kappa shape index (κ2) is 15.8. The van der Waals surface area contributed by atoms with Crippen LogP contribution in [-0.4, -0.2) is 24.6 Å². The van der Waals surface area contributed by atoms with Crippen molar-refractivity contribution in [2.45, 2.75) is 119 Å². The molecule has 0 aromatic heterocycles. The van der Waals surface area contributed by atoms with Crippen LogP contribution in [0.4, 0.5) is 0 Å². The first kappa shape index (κ1) is 28.1. The average molecular weight is 451 g/mol. The third kappa shape index (κ3) is 8.91. The van der Waals surface area contributed by atoms with E-state index >= 15 is 0 Å². The molecule has 0 N–H and O–H groups in total. The number of unbranched alkanes of at least 4 members (excludes halogenated alkanes) is 4. The van der Waals surface area contributed by atoms with Crippen molar-refractivity contribution in [3.63, 3.8) is 0 Å². The third-order valence-electron chi connectivity index (χ3n) is 7.01. The summed E-state index contributed by atoms with van der Waals surface area (Å²) in [6.07, 6.45) is 19.7. The maximum absolute atomic E-state index is 2.44. The number of benzene rings is 1. The fourth-order valence-electron chi connectivity index (χ4n) is 4.46. The molecule has 0 aliphatic rings. The zero-order chi connectivity index (χ0) is 22.5. The van der Waals surface area contributed by atoms with Gasteiger partial charge in [0.15, 0.2) is 0 Å². The lowest BCUT2D eigenvalue weighted by molar-refractivity contribution is 0.864. The highest BCUT2D eigenvalue weighted by molar-refractivity contribution is 7.57. The van der Waals surface area contributed by atoms with Gasteiger partial charge in [-0.15, -0.1) is 15.8 Å². The molecule has 0 heterocycles. The predicted molar refractivity (Wildman–Crippen MR) is 146 cm³/mol. The molecule has 0 amide bonds. The highest BCUT2D eigenvalue weighted by Gasteiger charge is 2.20. The molecule has 0 radical (unpaired) electrons. The van der Waals surface area contributed by atoms with Gasteiger partial charge in [-0.3, -0.25) is 0 Å². The Kier molecular flexibility index (Phi) is 14.8. The van der Waals surface area contributed by atoms with Crippen molar-refractivity contribution in [3.05, 3.63) is 33.4 Å². The molecule has 1 aromatic rings. The summed E-state index contributed by atoms with van der Waals surface area (Å²) >= 11 is 0. The summed E-state index contributed by atoms with van der Waals surface area (Å²) in [6.45, 7) is 19.2. The summed E-state index contributed by atoms with van der Waals surface area (Å²) in [5.41, 5.74) is 9.98. The molecule has 1 rings (SSSR count). The highest BCUT2D eigenvalue weighted by atomic mass is 31.1. The summed E-state index contributed by atoms with van der Waals surface area (Å²) in [7, 11) is 0.311. The van der Waals surface area contributed by atoms with E-state index in [1.54, 1.807) is 33.4 Å². The van der Waals surface area contributed by atoms with Crippen molar-refractivity contribution in [1.82, 2.24) is 0 Å². The van der Waals surface area contributed by atoms with Gasteiger partial charge < -0.3 is 0 Å². The summed E-state index contributed by atoms with van der Waals surface area (Å²) in [4.78, 5) is 0. The molecule has 0 fully saturated rings. The van der Waals surface area contributed by atoms with E-state index in [0.29, 0.717) is 0 Å². The molecule has 0 nitrogen and oxygen atoms in total. The van der Waals surface area contributed by atoms with Crippen LogP contribution in [0, 0.1) is 27.7 Å². The van der Waals surface area contributed by atoms with Gasteiger partial charge in [-0.1, -0.05) is 53.4 Å². The van der Waals surface area contributed by atoms with Gasteiger partial charge in [-0.05, 0) is 124 Å². The van der Waals surface area contributed by atoms with Gasteiger partial charge in [0.2, 0.25) is 0 Å². The van der Waals surface area contributed by atoms with Gasteiger partial charge in [0.25, 0.3) is 0 Å². The van der Waals surface area contributed by atoms with Gasteiger partial charge in [0, 0.05) is 0 Å². The van der Waals surface area contributed by atoms with Crippen molar-refractivity contribution >= 4 is 15.8 Å². The highest BCUT2D eigenvalue weighted by Crippen LogP contribution is 2.47. The Hall–Kier alpha value is 0.0800. The first-order chi connectivity index (χ1) is 14.4. The van der Waals surface area contributed by atoms with Crippen LogP contribution in [-0.2, 0) is 12.3 Å². The lowest BCUT2D eigenvalue weighted by atomic mass is 9.90. The van der Waals surface area contributed by atoms with Crippen molar-refractivity contribution in [2.75, 3.05) is 24.6 Å². The van der Waals surface area contributed by atoms with Gasteiger partial charge in [0.1, 0.15) is 0 Å². The van der Waals surface area contributed by atoms with Gasteiger partial charge in [0.05, 0.1) is 0 Å². The Morgan fingerprint density at radius 2 is 0.667 bits per heavy atom. The Morgan fingerprint density at radius 1 is 0.433 bits per heavy atom. The molecule has 0 aliphatic heterocycles. The molecule has 1 aromatic carbocycles. The SMILES string of the molecule is CCCCP(CCCC)Cc1c(C)c(C)c(CP(CCCC)CCCC)c(C)c1C. The van der Waals surface area contributed by atoms with E-state index in [9.17, 15) is 0 Å². The van der Waals surface area contributed by atoms with Crippen molar-refractivity contribution in [2.24, 2.45) is 0 Å². The Labute approximate surface area is 192 Å². The molecule has 0 saturated carbocycles. The lowest BCUT2D eigenvalue weighted by Crippen LogP contribution is -2.07. The molecular formula is C28H52P2. The lowest BCUT2D eigenvalue weighted by Gasteiger charge is -2.27. The summed E-state index contributed by atoms with van der Waals surface area (Å²) in [5.74, 6) is 0. The van der Waals surface area contributed by atoms with Crippen LogP contribution in [0.15, 0.2) is 0 Å². The van der Waals surface area contributed by atoms with E-state index in [0.717, 1.165) is 0 Å². The quantitative estimate of drug-likeness (QED) is 0.220. The molecule has 174 valence electrons. The third-order valence-corrected chi connectivity index (χ3v) is 12.3. The van der Waals surface area contributed by atoms with E-state index in [4.69, 9.17) is 0 Å². The van der Waals surface area contributed by atoms with E-state index in [1.807, 2.05) is 0 Å². The van der Waals surface area contributed by atoms with Gasteiger partial charge in [-0.2, -0.15) is 0 Å². The minimum absolute atomic E-state index is 0.156. The molecule has 0 atom stereocenters. The standard InChI is InChI=1S/C28H52P2/c1-9-13-17-29(18-14-10-2)21-27-23(5)25(7)28(26(8)24(27)6)22-30(19-15-11-3)20-16-12-4/h9-22H2,1-8H3. The molecule has 30 heavy (non-hydrogen) atoms. The largest absolute Gasteiger partial charge is 0.102 e. The Bertz CT molecular complexity index is 507. The predicted octanol–water partition coefficient (Wildman–Crippen LogP) is 10.1. The maximum Gasteiger partial charge on any atom is -0.00676 e. The smallest absolute Gasteiger partial charge is 0.00676 e. The zero-order valence-electron chi connectivity index (χ0n) is 21.8. The monoisotopic (exact) mass is 450 g/mol. The summed E-state index contributed by atoms with van der Waals surface area (Å²) in [5, 5.41) is 0. The van der Waals surface area contributed by atoms with Crippen LogP contribution in [0.3, 0.4) is 0 Å². The molecular weight excluding hydrogens is 398 g/mol. The minimum atomic E-state index is 0.156. The Balaban J connectivity index is 3.13. The van der Waals surface area contributed by atoms with Crippen molar-refractivity contribution in [3.8, 4) is 0 Å². The average Bonchev–Trinajstić information content (AvgIpc) is 2.75. The van der Waals surface area contributed by atoms with Crippen molar-refractivity contribution in [1.29, 1.82) is 0 Å². The van der Waals surface area contributed by atoms with E-state index in [1.165, 1.54) is 88.3 Å². The zero-order valence-corrected chi connectivity index (χ0v) is 23.6. The summed E-state index contributed by atoms with van der Waals surface area (Å²) < 4.78 is 0. The van der Waals surface area contributed by atoms with Crippen LogP contribution < -0.4 is 0 Å². The number of hydrogen-bond donors (Lipinski definition) is 0. The molecule has 2 heteroatoms. The fraction of sp³-hybridized carbons (Fsp3) is 0.786. The number of hydrogen-bond acceptors (Lipinski definition) is 0. The molecule has 0 bridgehead atoms. The molecule has 0 spiro atoms. The van der Waals surface area contributed by atoms with Crippen LogP contribution in [0.5, 0.6) is 0 Å². The van der Waals surface area contributed by atoms with Crippen LogP contribution >= 0.6 is 15.8 Å². The minimum Gasteiger partial charge on any atom is -0.102 e. The van der Waals surface area contributed by atoms with E-state index in [-0.39, 0.29) is 15.8 Å². The van der Waals surface area contributed by atoms with Gasteiger partial charge >= 0.3 is 0 Å². The molecule has 0 unspecified atom stereocenters. The number of rotatable bonds is 16. The normalized spacial score (nSPS) is 11.8. The second-order valence-electron chi connectivity index (χ2n) is 9.42. The van der Waals surface area contributed by atoms with Crippen LogP contribution in [0.1, 0.15) is 112 Å². The van der Waals surface area contributed by atoms with Gasteiger partial charge in [-0.25, -0.2) is 0 Å². The Morgan fingerprint density at radius 3 is 0.867 bits per heavy atom. The van der Waals surface area contributed by atoms with Crippen LogP contribution in [0.2, 0.25) is 0 Å². The van der Waals surface area contributed by atoms with E-state index < -0.39 is 0 Å². The maximum atomic E-state index is 2.44. The molecule has 0 saturated heterocycles. The topological polar surface area (TPSA) is 0 Å². The van der Waals surface area contributed by atoms with Crippen molar-refractivity contribution < 1.29 is 0 Å². The van der Waals surface area contributed by atoms with E-state index in [2.05, 4.69) is 55.4 Å². The first-order valence-electron chi connectivity index (χ1n) is 12.9. The fourth-order valence-corrected chi connectivity index (χ4v) is 10.4. The summed E-state index contributed by atoms with van der Waals surface area (Å²) in [6, 6.07) is 0. The first-order valence-corrected chi connectivity index (χ1v) is 16.7. The van der Waals surface area contributed by atoms with Crippen LogP contribution in [0.25, 0.3) is 0 Å².